The average Bonchev–Trinajstić information content (AvgIpc) is 2.56. The van der Waals surface area contributed by atoms with E-state index in [1.165, 1.54) is 13.2 Å². The molecule has 2 N–H and O–H groups in total. The van der Waals surface area contributed by atoms with Gasteiger partial charge >= 0.3 is 5.97 Å². The Bertz CT molecular complexity index is 747. The summed E-state index contributed by atoms with van der Waals surface area (Å²) in [6, 6.07) is 13.6. The molecule has 0 unspecified atom stereocenters. The molecular weight excluding hydrogens is 380 g/mol. The van der Waals surface area contributed by atoms with E-state index in [1.807, 2.05) is 24.3 Å². The van der Waals surface area contributed by atoms with Crippen LogP contribution >= 0.6 is 28.1 Å². The molecular formula is C16H13BrN2O3S. The number of hydrogen-bond donors (Lipinski definition) is 2. The van der Waals surface area contributed by atoms with Crippen LogP contribution in [0.5, 0.6) is 0 Å². The summed E-state index contributed by atoms with van der Waals surface area (Å²) in [7, 11) is 1.28. The van der Waals surface area contributed by atoms with Crippen LogP contribution in [0, 0.1) is 0 Å². The third-order valence-electron chi connectivity index (χ3n) is 2.88. The lowest BCUT2D eigenvalue weighted by molar-refractivity contribution is 0.0600. The minimum atomic E-state index is -0.504. The van der Waals surface area contributed by atoms with Gasteiger partial charge < -0.3 is 10.1 Å². The summed E-state index contributed by atoms with van der Waals surface area (Å²) in [4.78, 5) is 23.6. The summed E-state index contributed by atoms with van der Waals surface area (Å²) in [6.45, 7) is 0. The van der Waals surface area contributed by atoms with Gasteiger partial charge in [0.1, 0.15) is 0 Å². The van der Waals surface area contributed by atoms with Crippen LogP contribution in [0.2, 0.25) is 0 Å². The molecule has 1 amide bonds. The van der Waals surface area contributed by atoms with Gasteiger partial charge in [-0.2, -0.15) is 0 Å². The standard InChI is InChI=1S/C16H13BrN2O3S/c1-22-15(21)11-4-2-3-10(9-11)14(20)19-16(23)18-13-7-5-12(17)6-8-13/h2-9H,1H3,(H2,18,19,20,23). The number of amides is 1. The molecule has 0 aliphatic rings. The van der Waals surface area contributed by atoms with Crippen LogP contribution in [0.4, 0.5) is 5.69 Å². The van der Waals surface area contributed by atoms with Crippen molar-refractivity contribution < 1.29 is 14.3 Å². The van der Waals surface area contributed by atoms with Gasteiger partial charge in [0.15, 0.2) is 5.11 Å². The van der Waals surface area contributed by atoms with Crippen molar-refractivity contribution in [3.05, 3.63) is 64.1 Å². The molecule has 7 heteroatoms. The van der Waals surface area contributed by atoms with Crippen LogP contribution in [0.15, 0.2) is 53.0 Å². The van der Waals surface area contributed by atoms with E-state index < -0.39 is 11.9 Å². The number of esters is 1. The zero-order valence-electron chi connectivity index (χ0n) is 12.1. The van der Waals surface area contributed by atoms with Gasteiger partial charge in [-0.1, -0.05) is 22.0 Å². The highest BCUT2D eigenvalue weighted by molar-refractivity contribution is 9.10. The Morgan fingerprint density at radius 2 is 1.74 bits per heavy atom. The highest BCUT2D eigenvalue weighted by Gasteiger charge is 2.11. The van der Waals surface area contributed by atoms with E-state index in [0.717, 1.165) is 10.2 Å². The summed E-state index contributed by atoms with van der Waals surface area (Å²) in [5.41, 5.74) is 1.36. The van der Waals surface area contributed by atoms with E-state index in [2.05, 4.69) is 31.3 Å². The van der Waals surface area contributed by atoms with Crippen molar-refractivity contribution in [2.45, 2.75) is 0 Å². The van der Waals surface area contributed by atoms with Gasteiger partial charge in [0.05, 0.1) is 12.7 Å². The first kappa shape index (κ1) is 17.1. The number of benzene rings is 2. The van der Waals surface area contributed by atoms with Crippen molar-refractivity contribution in [1.82, 2.24) is 5.32 Å². The average molecular weight is 393 g/mol. The maximum absolute atomic E-state index is 12.2. The first-order valence-electron chi connectivity index (χ1n) is 6.56. The van der Waals surface area contributed by atoms with Crippen LogP contribution in [0.1, 0.15) is 20.7 Å². The van der Waals surface area contributed by atoms with Crippen molar-refractivity contribution in [1.29, 1.82) is 0 Å². The van der Waals surface area contributed by atoms with Crippen LogP contribution in [-0.2, 0) is 4.74 Å². The van der Waals surface area contributed by atoms with Gasteiger partial charge in [-0.3, -0.25) is 10.1 Å². The van der Waals surface area contributed by atoms with E-state index in [1.54, 1.807) is 18.2 Å². The molecule has 0 aromatic heterocycles. The maximum atomic E-state index is 12.2. The van der Waals surface area contributed by atoms with Crippen LogP contribution in [-0.4, -0.2) is 24.1 Å². The summed E-state index contributed by atoms with van der Waals surface area (Å²) >= 11 is 8.44. The molecule has 0 aliphatic heterocycles. The summed E-state index contributed by atoms with van der Waals surface area (Å²) in [5, 5.41) is 5.63. The molecule has 0 radical (unpaired) electrons. The Hall–Kier alpha value is -2.25. The SMILES string of the molecule is COC(=O)c1cccc(C(=O)NC(=S)Nc2ccc(Br)cc2)c1. The molecule has 2 aromatic carbocycles. The summed E-state index contributed by atoms with van der Waals surface area (Å²) in [6.07, 6.45) is 0. The maximum Gasteiger partial charge on any atom is 0.337 e. The Labute approximate surface area is 147 Å². The Morgan fingerprint density at radius 1 is 1.09 bits per heavy atom. The Balaban J connectivity index is 2.02. The van der Waals surface area contributed by atoms with Crippen molar-refractivity contribution in [3.8, 4) is 0 Å². The van der Waals surface area contributed by atoms with E-state index >= 15 is 0 Å². The molecule has 5 nitrogen and oxygen atoms in total. The van der Waals surface area contributed by atoms with Gasteiger partial charge in [0, 0.05) is 15.7 Å². The molecule has 0 spiro atoms. The number of ether oxygens (including phenoxy) is 1. The Kier molecular flexibility index (Phi) is 5.84. The van der Waals surface area contributed by atoms with Gasteiger partial charge in [-0.25, -0.2) is 4.79 Å². The monoisotopic (exact) mass is 392 g/mol. The molecule has 23 heavy (non-hydrogen) atoms. The minimum absolute atomic E-state index is 0.167. The molecule has 2 rings (SSSR count). The van der Waals surface area contributed by atoms with Crippen molar-refractivity contribution in [2.75, 3.05) is 12.4 Å². The number of nitrogens with one attached hydrogen (secondary N) is 2. The van der Waals surface area contributed by atoms with Gasteiger partial charge in [0.25, 0.3) is 5.91 Å². The number of rotatable bonds is 3. The van der Waals surface area contributed by atoms with E-state index in [-0.39, 0.29) is 5.11 Å². The Morgan fingerprint density at radius 3 is 2.39 bits per heavy atom. The first-order valence-corrected chi connectivity index (χ1v) is 7.76. The lowest BCUT2D eigenvalue weighted by atomic mass is 10.1. The third-order valence-corrected chi connectivity index (χ3v) is 3.61. The number of carbonyl (C=O) groups is 2. The predicted octanol–water partition coefficient (Wildman–Crippen LogP) is 3.36. The molecule has 0 saturated heterocycles. The fraction of sp³-hybridized carbons (Fsp3) is 0.0625. The zero-order valence-corrected chi connectivity index (χ0v) is 14.5. The smallest absolute Gasteiger partial charge is 0.337 e. The lowest BCUT2D eigenvalue weighted by Crippen LogP contribution is -2.34. The second kappa shape index (κ2) is 7.85. The number of hydrogen-bond acceptors (Lipinski definition) is 4. The summed E-state index contributed by atoms with van der Waals surface area (Å²) in [5.74, 6) is -0.916. The first-order chi connectivity index (χ1) is 11.0. The lowest BCUT2D eigenvalue weighted by Gasteiger charge is -2.10. The van der Waals surface area contributed by atoms with Crippen molar-refractivity contribution >= 4 is 50.8 Å². The number of carbonyl (C=O) groups excluding carboxylic acids is 2. The molecule has 0 fully saturated rings. The molecule has 2 aromatic rings. The number of halogens is 1. The minimum Gasteiger partial charge on any atom is -0.465 e. The molecule has 0 saturated carbocycles. The third kappa shape index (κ3) is 4.87. The van der Waals surface area contributed by atoms with Crippen LogP contribution in [0.25, 0.3) is 0 Å². The highest BCUT2D eigenvalue weighted by Crippen LogP contribution is 2.14. The largest absolute Gasteiger partial charge is 0.465 e. The molecule has 0 bridgehead atoms. The zero-order chi connectivity index (χ0) is 16.8. The molecule has 0 atom stereocenters. The van der Waals surface area contributed by atoms with Gasteiger partial charge in [0.2, 0.25) is 0 Å². The fourth-order valence-corrected chi connectivity index (χ4v) is 2.25. The van der Waals surface area contributed by atoms with Gasteiger partial charge in [-0.05, 0) is 54.7 Å². The van der Waals surface area contributed by atoms with E-state index in [4.69, 9.17) is 12.2 Å². The second-order valence-corrected chi connectivity index (χ2v) is 5.81. The highest BCUT2D eigenvalue weighted by atomic mass is 79.9. The van der Waals surface area contributed by atoms with E-state index in [0.29, 0.717) is 11.1 Å². The number of thiocarbonyl (C=S) groups is 1. The summed E-state index contributed by atoms with van der Waals surface area (Å²) < 4.78 is 5.57. The quantitative estimate of drug-likeness (QED) is 0.619. The van der Waals surface area contributed by atoms with Crippen molar-refractivity contribution in [3.63, 3.8) is 0 Å². The van der Waals surface area contributed by atoms with E-state index in [9.17, 15) is 9.59 Å². The molecule has 0 heterocycles. The normalized spacial score (nSPS) is 9.83. The molecule has 118 valence electrons. The molecule has 0 aliphatic carbocycles. The fourth-order valence-electron chi connectivity index (χ4n) is 1.78. The topological polar surface area (TPSA) is 67.4 Å². The van der Waals surface area contributed by atoms with Crippen LogP contribution < -0.4 is 10.6 Å². The second-order valence-electron chi connectivity index (χ2n) is 4.49. The van der Waals surface area contributed by atoms with Crippen molar-refractivity contribution in [2.24, 2.45) is 0 Å². The van der Waals surface area contributed by atoms with Gasteiger partial charge in [-0.15, -0.1) is 0 Å². The number of anilines is 1. The number of methoxy groups -OCH3 is 1. The van der Waals surface area contributed by atoms with Crippen LogP contribution in [0.3, 0.4) is 0 Å². The predicted molar refractivity (Wildman–Crippen MR) is 95.6 cm³/mol.